The van der Waals surface area contributed by atoms with Gasteiger partial charge in [0.05, 0.1) is 12.6 Å². The fourth-order valence-corrected chi connectivity index (χ4v) is 2.93. The minimum Gasteiger partial charge on any atom is -0.375 e. The van der Waals surface area contributed by atoms with Gasteiger partial charge >= 0.3 is 6.18 Å². The number of rotatable bonds is 7. The van der Waals surface area contributed by atoms with Crippen LogP contribution < -0.4 is 10.6 Å². The molecule has 0 aliphatic carbocycles. The minimum absolute atomic E-state index is 0. The zero-order valence-electron chi connectivity index (χ0n) is 15.2. The van der Waals surface area contributed by atoms with E-state index in [1.54, 1.807) is 12.1 Å². The smallest absolute Gasteiger partial charge is 0.375 e. The first-order valence-corrected chi connectivity index (χ1v) is 9.03. The maximum Gasteiger partial charge on any atom is 0.434 e. The molecule has 1 heterocycles. The highest BCUT2D eigenvalue weighted by molar-refractivity contribution is 14.0. The molecule has 1 aromatic heterocycles. The third-order valence-corrected chi connectivity index (χ3v) is 4.37. The highest BCUT2D eigenvalue weighted by Gasteiger charge is 2.33. The van der Waals surface area contributed by atoms with Gasteiger partial charge in [-0.15, -0.1) is 35.3 Å². The molecule has 28 heavy (non-hydrogen) atoms. The molecule has 0 aliphatic rings. The highest BCUT2D eigenvalue weighted by Crippen LogP contribution is 2.30. The van der Waals surface area contributed by atoms with Gasteiger partial charge in [-0.1, -0.05) is 12.1 Å². The minimum atomic E-state index is -4.46. The number of aliphatic imine (C=N–C) groups is 1. The molecule has 0 aliphatic heterocycles. The average molecular weight is 532 g/mol. The Hall–Kier alpha value is -1.47. The number of thiazole rings is 1. The molecule has 2 aromatic rings. The molecule has 0 saturated heterocycles. The van der Waals surface area contributed by atoms with E-state index in [0.717, 1.165) is 22.3 Å². The Bertz CT molecular complexity index is 752. The van der Waals surface area contributed by atoms with Crippen LogP contribution in [0.25, 0.3) is 0 Å². The molecular weight excluding hydrogens is 511 g/mol. The van der Waals surface area contributed by atoms with Crippen molar-refractivity contribution >= 4 is 41.3 Å². The zero-order chi connectivity index (χ0) is 19.9. The summed E-state index contributed by atoms with van der Waals surface area (Å²) in [6, 6.07) is 5.95. The molecule has 2 rings (SSSR count). The number of aromatic nitrogens is 1. The predicted molar refractivity (Wildman–Crippen MR) is 111 cm³/mol. The van der Waals surface area contributed by atoms with Crippen molar-refractivity contribution in [2.75, 3.05) is 20.2 Å². The summed E-state index contributed by atoms with van der Waals surface area (Å²) in [4.78, 5) is 7.80. The van der Waals surface area contributed by atoms with Crippen LogP contribution in [0.3, 0.4) is 0 Å². The molecular formula is C17H21F4IN4OS. The molecule has 11 heteroatoms. The van der Waals surface area contributed by atoms with E-state index in [4.69, 9.17) is 4.74 Å². The van der Waals surface area contributed by atoms with Gasteiger partial charge in [-0.2, -0.15) is 13.2 Å². The van der Waals surface area contributed by atoms with Crippen LogP contribution in [0.5, 0.6) is 0 Å². The molecule has 0 fully saturated rings. The van der Waals surface area contributed by atoms with Crippen molar-refractivity contribution in [1.29, 1.82) is 0 Å². The largest absolute Gasteiger partial charge is 0.434 e. The van der Waals surface area contributed by atoms with E-state index >= 15 is 0 Å². The van der Waals surface area contributed by atoms with Crippen LogP contribution >= 0.6 is 35.3 Å². The van der Waals surface area contributed by atoms with Crippen LogP contribution in [0.15, 0.2) is 34.6 Å². The van der Waals surface area contributed by atoms with Crippen LogP contribution in [-0.4, -0.2) is 31.1 Å². The Morgan fingerprint density at radius 2 is 1.93 bits per heavy atom. The van der Waals surface area contributed by atoms with Gasteiger partial charge in [0.25, 0.3) is 0 Å². The number of hydrogen-bond donors (Lipinski definition) is 2. The van der Waals surface area contributed by atoms with E-state index in [0.29, 0.717) is 19.0 Å². The molecule has 0 spiro atoms. The summed E-state index contributed by atoms with van der Waals surface area (Å²) in [5.74, 6) is 0.0866. The summed E-state index contributed by atoms with van der Waals surface area (Å²) >= 11 is 0.910. The number of hydrogen-bond acceptors (Lipinski definition) is 4. The fourth-order valence-electron chi connectivity index (χ4n) is 2.21. The van der Waals surface area contributed by atoms with Crippen LogP contribution in [0.4, 0.5) is 17.6 Å². The first-order chi connectivity index (χ1) is 12.8. The van der Waals surface area contributed by atoms with Crippen molar-refractivity contribution in [2.45, 2.75) is 25.7 Å². The molecule has 1 unspecified atom stereocenters. The molecule has 2 N–H and O–H groups in total. The molecule has 0 amide bonds. The van der Waals surface area contributed by atoms with Crippen LogP contribution in [-0.2, 0) is 17.5 Å². The SMILES string of the molecule is CCNC(=NCc1nc(C(F)(F)F)cs1)NCC(OC)c1ccc(F)cc1.I. The summed E-state index contributed by atoms with van der Waals surface area (Å²) in [5, 5.41) is 7.31. The lowest BCUT2D eigenvalue weighted by atomic mass is 10.1. The number of alkyl halides is 3. The van der Waals surface area contributed by atoms with Gasteiger partial charge in [-0.25, -0.2) is 14.4 Å². The normalized spacial score (nSPS) is 13.0. The molecule has 1 atom stereocenters. The second kappa shape index (κ2) is 11.5. The Morgan fingerprint density at radius 1 is 1.25 bits per heavy atom. The third-order valence-electron chi connectivity index (χ3n) is 3.54. The summed E-state index contributed by atoms with van der Waals surface area (Å²) in [6.45, 7) is 2.81. The first-order valence-electron chi connectivity index (χ1n) is 8.15. The van der Waals surface area contributed by atoms with Crippen LogP contribution in [0.1, 0.15) is 29.3 Å². The number of benzene rings is 1. The number of guanidine groups is 1. The van der Waals surface area contributed by atoms with Crippen molar-refractivity contribution in [3.05, 3.63) is 51.7 Å². The Morgan fingerprint density at radius 3 is 2.46 bits per heavy atom. The molecule has 0 bridgehead atoms. The van der Waals surface area contributed by atoms with E-state index in [9.17, 15) is 17.6 Å². The van der Waals surface area contributed by atoms with Gasteiger partial charge in [0.15, 0.2) is 11.7 Å². The number of methoxy groups -OCH3 is 1. The molecule has 0 saturated carbocycles. The third kappa shape index (κ3) is 7.51. The number of ether oxygens (including phenoxy) is 1. The van der Waals surface area contributed by atoms with Crippen molar-refractivity contribution in [3.63, 3.8) is 0 Å². The molecule has 1 aromatic carbocycles. The van der Waals surface area contributed by atoms with E-state index < -0.39 is 11.9 Å². The lowest BCUT2D eigenvalue weighted by molar-refractivity contribution is -0.140. The number of nitrogens with one attached hydrogen (secondary N) is 2. The zero-order valence-corrected chi connectivity index (χ0v) is 18.4. The lowest BCUT2D eigenvalue weighted by Crippen LogP contribution is -2.39. The Kier molecular flexibility index (Phi) is 10.1. The first kappa shape index (κ1) is 24.6. The second-order valence-corrected chi connectivity index (χ2v) is 6.42. The van der Waals surface area contributed by atoms with Gasteiger partial charge in [-0.3, -0.25) is 0 Å². The number of halogens is 5. The van der Waals surface area contributed by atoms with Crippen LogP contribution in [0.2, 0.25) is 0 Å². The molecule has 0 radical (unpaired) electrons. The summed E-state index contributed by atoms with van der Waals surface area (Å²) < 4.78 is 56.3. The van der Waals surface area contributed by atoms with E-state index in [2.05, 4.69) is 20.6 Å². The van der Waals surface area contributed by atoms with Gasteiger partial charge in [0.2, 0.25) is 0 Å². The number of nitrogens with zero attached hydrogens (tertiary/aromatic N) is 2. The highest BCUT2D eigenvalue weighted by atomic mass is 127. The quantitative estimate of drug-likeness (QED) is 0.241. The average Bonchev–Trinajstić information content (AvgIpc) is 3.11. The maximum absolute atomic E-state index is 13.0. The monoisotopic (exact) mass is 532 g/mol. The summed E-state index contributed by atoms with van der Waals surface area (Å²) in [5.41, 5.74) is -0.122. The standard InChI is InChI=1S/C17H20F4N4OS.HI/c1-3-22-16(24-9-15-25-14(10-27-15)17(19,20)21)23-8-13(26-2)11-4-6-12(18)7-5-11;/h4-7,10,13H,3,8-9H2,1-2H3,(H2,22,23,24);1H. The summed E-state index contributed by atoms with van der Waals surface area (Å²) in [6.07, 6.45) is -4.80. The lowest BCUT2D eigenvalue weighted by Gasteiger charge is -2.18. The second-order valence-electron chi connectivity index (χ2n) is 5.48. The maximum atomic E-state index is 13.0. The van der Waals surface area contributed by atoms with E-state index in [-0.39, 0.29) is 47.5 Å². The Labute approximate surface area is 181 Å². The van der Waals surface area contributed by atoms with Crippen molar-refractivity contribution in [2.24, 2.45) is 4.99 Å². The topological polar surface area (TPSA) is 58.5 Å². The van der Waals surface area contributed by atoms with E-state index in [1.165, 1.54) is 19.2 Å². The van der Waals surface area contributed by atoms with E-state index in [1.807, 2.05) is 6.92 Å². The van der Waals surface area contributed by atoms with Gasteiger partial charge in [0, 0.05) is 25.6 Å². The van der Waals surface area contributed by atoms with Crippen molar-refractivity contribution in [3.8, 4) is 0 Å². The molecule has 156 valence electrons. The van der Waals surface area contributed by atoms with Crippen molar-refractivity contribution < 1.29 is 22.3 Å². The van der Waals surface area contributed by atoms with Gasteiger partial charge in [0.1, 0.15) is 10.8 Å². The Balaban J connectivity index is 0.00000392. The fraction of sp³-hybridized carbons (Fsp3) is 0.412. The van der Waals surface area contributed by atoms with Gasteiger partial charge < -0.3 is 15.4 Å². The molecule has 5 nitrogen and oxygen atoms in total. The predicted octanol–water partition coefficient (Wildman–Crippen LogP) is 4.36. The van der Waals surface area contributed by atoms with Crippen molar-refractivity contribution in [1.82, 2.24) is 15.6 Å². The summed E-state index contributed by atoms with van der Waals surface area (Å²) in [7, 11) is 1.54. The van der Waals surface area contributed by atoms with Crippen LogP contribution in [0, 0.1) is 5.82 Å². The van der Waals surface area contributed by atoms with Gasteiger partial charge in [-0.05, 0) is 24.6 Å².